The maximum absolute atomic E-state index is 12.1. The third kappa shape index (κ3) is 3.44. The van der Waals surface area contributed by atoms with Gasteiger partial charge >= 0.3 is 0 Å². The molecule has 4 nitrogen and oxygen atoms in total. The summed E-state index contributed by atoms with van der Waals surface area (Å²) < 4.78 is 6.21. The van der Waals surface area contributed by atoms with Crippen LogP contribution in [0.3, 0.4) is 0 Å². The number of ether oxygens (including phenoxy) is 1. The zero-order chi connectivity index (χ0) is 14.5. The second-order valence-corrected chi connectivity index (χ2v) is 5.82. The SMILES string of the molecule is Cc1csc(C(C#N)C(=O)COc2ccccc2Br)n1. The molecule has 0 bridgehead atoms. The summed E-state index contributed by atoms with van der Waals surface area (Å²) >= 11 is 4.65. The van der Waals surface area contributed by atoms with Crippen molar-refractivity contribution in [1.29, 1.82) is 5.26 Å². The summed E-state index contributed by atoms with van der Waals surface area (Å²) in [5, 5.41) is 11.5. The van der Waals surface area contributed by atoms with Crippen LogP contribution in [0.25, 0.3) is 0 Å². The van der Waals surface area contributed by atoms with Crippen molar-refractivity contribution in [2.24, 2.45) is 0 Å². The predicted octanol–water partition coefficient (Wildman–Crippen LogP) is 3.47. The van der Waals surface area contributed by atoms with Gasteiger partial charge in [-0.15, -0.1) is 11.3 Å². The monoisotopic (exact) mass is 350 g/mol. The van der Waals surface area contributed by atoms with E-state index in [2.05, 4.69) is 20.9 Å². The molecule has 1 unspecified atom stereocenters. The van der Waals surface area contributed by atoms with Crippen LogP contribution in [0.1, 0.15) is 16.6 Å². The number of benzene rings is 1. The molecule has 1 heterocycles. The fourth-order valence-electron chi connectivity index (χ4n) is 1.56. The van der Waals surface area contributed by atoms with Crippen molar-refractivity contribution in [2.75, 3.05) is 6.61 Å². The Bertz CT molecular complexity index is 663. The molecule has 0 aliphatic heterocycles. The van der Waals surface area contributed by atoms with Gasteiger partial charge in [-0.25, -0.2) is 4.98 Å². The van der Waals surface area contributed by atoms with Crippen LogP contribution in [-0.4, -0.2) is 17.4 Å². The Morgan fingerprint density at radius 1 is 1.55 bits per heavy atom. The molecule has 0 fully saturated rings. The molecular formula is C14H11BrN2O2S. The third-order valence-corrected chi connectivity index (χ3v) is 4.22. The van der Waals surface area contributed by atoms with Gasteiger partial charge in [-0.1, -0.05) is 12.1 Å². The summed E-state index contributed by atoms with van der Waals surface area (Å²) in [6.07, 6.45) is 0. The second kappa shape index (κ2) is 6.64. The van der Waals surface area contributed by atoms with Gasteiger partial charge in [0, 0.05) is 11.1 Å². The zero-order valence-corrected chi connectivity index (χ0v) is 13.1. The van der Waals surface area contributed by atoms with Gasteiger partial charge in [0.05, 0.1) is 10.5 Å². The molecule has 0 aliphatic rings. The molecule has 1 atom stereocenters. The molecule has 0 amide bonds. The topological polar surface area (TPSA) is 63.0 Å². The first-order chi connectivity index (χ1) is 9.61. The number of hydrogen-bond donors (Lipinski definition) is 0. The van der Waals surface area contributed by atoms with Crippen LogP contribution in [0.2, 0.25) is 0 Å². The smallest absolute Gasteiger partial charge is 0.194 e. The molecule has 0 spiro atoms. The Balaban J connectivity index is 2.04. The van der Waals surface area contributed by atoms with E-state index in [0.717, 1.165) is 10.2 Å². The van der Waals surface area contributed by atoms with Crippen molar-refractivity contribution < 1.29 is 9.53 Å². The fraction of sp³-hybridized carbons (Fsp3) is 0.214. The summed E-state index contributed by atoms with van der Waals surface area (Å²) in [6, 6.07) is 9.24. The van der Waals surface area contributed by atoms with Crippen LogP contribution in [0, 0.1) is 18.3 Å². The number of halogens is 1. The molecule has 1 aromatic heterocycles. The lowest BCUT2D eigenvalue weighted by Gasteiger charge is -2.09. The Morgan fingerprint density at radius 3 is 2.90 bits per heavy atom. The van der Waals surface area contributed by atoms with E-state index in [4.69, 9.17) is 10.00 Å². The van der Waals surface area contributed by atoms with Crippen LogP contribution >= 0.6 is 27.3 Å². The normalized spacial score (nSPS) is 11.7. The minimum Gasteiger partial charge on any atom is -0.485 e. The highest BCUT2D eigenvalue weighted by atomic mass is 79.9. The number of nitriles is 1. The van der Waals surface area contributed by atoms with Crippen LogP contribution in [-0.2, 0) is 4.79 Å². The molecule has 0 saturated heterocycles. The number of rotatable bonds is 5. The van der Waals surface area contributed by atoms with E-state index >= 15 is 0 Å². The van der Waals surface area contributed by atoms with Crippen molar-refractivity contribution in [2.45, 2.75) is 12.8 Å². The highest BCUT2D eigenvalue weighted by molar-refractivity contribution is 9.10. The standard InChI is InChI=1S/C14H11BrN2O2S/c1-9-8-20-14(17-9)10(6-16)12(18)7-19-13-5-3-2-4-11(13)15/h2-5,8,10H,7H2,1H3. The van der Waals surface area contributed by atoms with Gasteiger partial charge in [-0.3, -0.25) is 4.79 Å². The molecule has 20 heavy (non-hydrogen) atoms. The van der Waals surface area contributed by atoms with Crippen LogP contribution in [0.5, 0.6) is 5.75 Å². The Labute approximate surface area is 129 Å². The van der Waals surface area contributed by atoms with Crippen LogP contribution in [0.4, 0.5) is 0 Å². The van der Waals surface area contributed by atoms with Gasteiger partial charge in [0.25, 0.3) is 0 Å². The Kier molecular flexibility index (Phi) is 4.88. The molecule has 0 radical (unpaired) electrons. The van der Waals surface area contributed by atoms with E-state index in [9.17, 15) is 4.79 Å². The molecule has 0 N–H and O–H groups in total. The predicted molar refractivity (Wildman–Crippen MR) is 79.8 cm³/mol. The zero-order valence-electron chi connectivity index (χ0n) is 10.7. The second-order valence-electron chi connectivity index (χ2n) is 4.07. The highest BCUT2D eigenvalue weighted by Crippen LogP contribution is 2.25. The number of aromatic nitrogens is 1. The number of aryl methyl sites for hydroxylation is 1. The summed E-state index contributed by atoms with van der Waals surface area (Å²) in [7, 11) is 0. The lowest BCUT2D eigenvalue weighted by molar-refractivity contribution is -0.121. The van der Waals surface area contributed by atoms with Gasteiger partial charge in [0.1, 0.15) is 17.4 Å². The maximum Gasteiger partial charge on any atom is 0.194 e. The molecule has 2 rings (SSSR count). The molecule has 102 valence electrons. The molecule has 1 aromatic carbocycles. The van der Waals surface area contributed by atoms with E-state index in [1.54, 1.807) is 6.07 Å². The van der Waals surface area contributed by atoms with E-state index in [-0.39, 0.29) is 12.4 Å². The molecule has 2 aromatic rings. The summed E-state index contributed by atoms with van der Waals surface area (Å²) in [5.74, 6) is -0.582. The van der Waals surface area contributed by atoms with Crippen LogP contribution < -0.4 is 4.74 Å². The van der Waals surface area contributed by atoms with Gasteiger partial charge in [0.15, 0.2) is 11.7 Å². The van der Waals surface area contributed by atoms with Crippen molar-refractivity contribution in [3.8, 4) is 11.8 Å². The summed E-state index contributed by atoms with van der Waals surface area (Å²) in [4.78, 5) is 16.3. The Morgan fingerprint density at radius 2 is 2.30 bits per heavy atom. The molecule has 0 saturated carbocycles. The molecule has 6 heteroatoms. The average molecular weight is 351 g/mol. The minimum absolute atomic E-state index is 0.153. The number of carbonyl (C=O) groups excluding carboxylic acids is 1. The fourth-order valence-corrected chi connectivity index (χ4v) is 2.82. The number of Topliss-reactive ketones (excluding diaryl/α,β-unsaturated/α-hetero) is 1. The first-order valence-electron chi connectivity index (χ1n) is 5.83. The van der Waals surface area contributed by atoms with Crippen molar-refractivity contribution in [3.63, 3.8) is 0 Å². The average Bonchev–Trinajstić information content (AvgIpc) is 2.85. The van der Waals surface area contributed by atoms with Gasteiger partial charge in [-0.05, 0) is 35.0 Å². The first-order valence-corrected chi connectivity index (χ1v) is 7.50. The maximum atomic E-state index is 12.1. The molecule has 0 aliphatic carbocycles. The number of hydrogen-bond acceptors (Lipinski definition) is 5. The third-order valence-electron chi connectivity index (χ3n) is 2.54. The number of carbonyl (C=O) groups is 1. The molecular weight excluding hydrogens is 340 g/mol. The lowest BCUT2D eigenvalue weighted by atomic mass is 10.1. The largest absolute Gasteiger partial charge is 0.485 e. The Hall–Kier alpha value is -1.71. The van der Waals surface area contributed by atoms with E-state index in [1.165, 1.54) is 11.3 Å². The van der Waals surface area contributed by atoms with Crippen LogP contribution in [0.15, 0.2) is 34.1 Å². The number of ketones is 1. The van der Waals surface area contributed by atoms with Crippen molar-refractivity contribution >= 4 is 33.0 Å². The highest BCUT2D eigenvalue weighted by Gasteiger charge is 2.23. The summed E-state index contributed by atoms with van der Waals surface area (Å²) in [6.45, 7) is 1.68. The van der Waals surface area contributed by atoms with E-state index in [0.29, 0.717) is 10.8 Å². The van der Waals surface area contributed by atoms with Crippen molar-refractivity contribution in [1.82, 2.24) is 4.98 Å². The lowest BCUT2D eigenvalue weighted by Crippen LogP contribution is -2.19. The first kappa shape index (κ1) is 14.7. The van der Waals surface area contributed by atoms with E-state index in [1.807, 2.05) is 36.6 Å². The summed E-state index contributed by atoms with van der Waals surface area (Å²) in [5.41, 5.74) is 0.810. The van der Waals surface area contributed by atoms with E-state index < -0.39 is 5.92 Å². The van der Waals surface area contributed by atoms with Crippen molar-refractivity contribution in [3.05, 3.63) is 44.8 Å². The number of nitrogens with zero attached hydrogens (tertiary/aromatic N) is 2. The van der Waals surface area contributed by atoms with Gasteiger partial charge in [-0.2, -0.15) is 5.26 Å². The number of para-hydroxylation sites is 1. The quantitative estimate of drug-likeness (QED) is 0.828. The van der Waals surface area contributed by atoms with Gasteiger partial charge in [0.2, 0.25) is 0 Å². The number of thiazole rings is 1. The minimum atomic E-state index is -0.865. The van der Waals surface area contributed by atoms with Gasteiger partial charge < -0.3 is 4.74 Å².